The Morgan fingerprint density at radius 3 is 1.77 bits per heavy atom. The lowest BCUT2D eigenvalue weighted by atomic mass is 9.82. The summed E-state index contributed by atoms with van der Waals surface area (Å²) in [5.41, 5.74) is 8.89. The zero-order valence-corrected chi connectivity index (χ0v) is 27.1. The first kappa shape index (κ1) is 26.7. The van der Waals surface area contributed by atoms with Crippen LogP contribution < -0.4 is 4.90 Å². The van der Waals surface area contributed by atoms with Gasteiger partial charge in [0.25, 0.3) is 0 Å². The number of hydrogen-bond donors (Lipinski definition) is 0. The Morgan fingerprint density at radius 2 is 0.979 bits per heavy atom. The van der Waals surface area contributed by atoms with Crippen LogP contribution in [0.5, 0.6) is 0 Å². The van der Waals surface area contributed by atoms with Crippen LogP contribution in [-0.2, 0) is 5.41 Å². The second kappa shape index (κ2) is 9.78. The summed E-state index contributed by atoms with van der Waals surface area (Å²) >= 11 is 1.87. The Hall–Kier alpha value is -5.44. The summed E-state index contributed by atoms with van der Waals surface area (Å²) < 4.78 is 2.64. The van der Waals surface area contributed by atoms with Gasteiger partial charge < -0.3 is 4.90 Å². The molecular formula is C45H31NS. The Balaban J connectivity index is 1.31. The molecule has 0 bridgehead atoms. The highest BCUT2D eigenvalue weighted by molar-refractivity contribution is 7.25. The van der Waals surface area contributed by atoms with E-state index in [-0.39, 0.29) is 5.41 Å². The summed E-state index contributed by atoms with van der Waals surface area (Å²) in [4.78, 5) is 2.51. The molecule has 1 nitrogen and oxygen atoms in total. The highest BCUT2D eigenvalue weighted by Crippen LogP contribution is 2.52. The van der Waals surface area contributed by atoms with E-state index in [4.69, 9.17) is 0 Å². The number of thiophene rings is 1. The fourth-order valence-electron chi connectivity index (χ4n) is 8.23. The molecule has 1 aliphatic carbocycles. The summed E-state index contributed by atoms with van der Waals surface area (Å²) in [6.45, 7) is 4.74. The Bertz CT molecular complexity index is 2680. The van der Waals surface area contributed by atoms with Gasteiger partial charge in [0.15, 0.2) is 0 Å². The molecule has 0 fully saturated rings. The van der Waals surface area contributed by atoms with Gasteiger partial charge in [-0.1, -0.05) is 123 Å². The third-order valence-electron chi connectivity index (χ3n) is 10.4. The predicted octanol–water partition coefficient (Wildman–Crippen LogP) is 13.3. The van der Waals surface area contributed by atoms with E-state index in [9.17, 15) is 0 Å². The molecule has 0 N–H and O–H groups in total. The van der Waals surface area contributed by atoms with Crippen LogP contribution in [0, 0.1) is 0 Å². The molecule has 0 radical (unpaired) electrons. The third kappa shape index (κ3) is 3.77. The fourth-order valence-corrected chi connectivity index (χ4v) is 9.32. The van der Waals surface area contributed by atoms with Crippen LogP contribution in [0.3, 0.4) is 0 Å². The van der Waals surface area contributed by atoms with Gasteiger partial charge in [0.1, 0.15) is 0 Å². The molecule has 0 saturated heterocycles. The van der Waals surface area contributed by atoms with Crippen molar-refractivity contribution in [2.45, 2.75) is 19.3 Å². The highest BCUT2D eigenvalue weighted by atomic mass is 32.1. The lowest BCUT2D eigenvalue weighted by Crippen LogP contribution is -2.16. The lowest BCUT2D eigenvalue weighted by molar-refractivity contribution is 0.660. The first-order valence-corrected chi connectivity index (χ1v) is 17.2. The second-order valence-electron chi connectivity index (χ2n) is 13.3. The van der Waals surface area contributed by atoms with Crippen LogP contribution in [0.4, 0.5) is 17.1 Å². The van der Waals surface area contributed by atoms with Gasteiger partial charge >= 0.3 is 0 Å². The molecule has 9 aromatic rings. The van der Waals surface area contributed by atoms with Gasteiger partial charge in [0, 0.05) is 42.3 Å². The maximum Gasteiger partial charge on any atom is 0.0546 e. The summed E-state index contributed by atoms with van der Waals surface area (Å²) in [5.74, 6) is 0. The molecule has 0 unspecified atom stereocenters. The van der Waals surface area contributed by atoms with Crippen molar-refractivity contribution in [3.05, 3.63) is 163 Å². The average molecular weight is 618 g/mol. The van der Waals surface area contributed by atoms with E-state index < -0.39 is 0 Å². The largest absolute Gasteiger partial charge is 0.310 e. The van der Waals surface area contributed by atoms with Crippen molar-refractivity contribution < 1.29 is 0 Å². The van der Waals surface area contributed by atoms with Crippen molar-refractivity contribution in [2.75, 3.05) is 4.90 Å². The first-order valence-electron chi connectivity index (χ1n) is 16.4. The van der Waals surface area contributed by atoms with Crippen LogP contribution in [0.2, 0.25) is 0 Å². The summed E-state index contributed by atoms with van der Waals surface area (Å²) in [6.07, 6.45) is 0. The van der Waals surface area contributed by atoms with Crippen LogP contribution >= 0.6 is 11.3 Å². The number of rotatable bonds is 3. The van der Waals surface area contributed by atoms with Gasteiger partial charge in [-0.05, 0) is 91.6 Å². The normalized spacial score (nSPS) is 13.5. The summed E-state index contributed by atoms with van der Waals surface area (Å²) in [6, 6.07) is 56.5. The van der Waals surface area contributed by atoms with E-state index in [1.54, 1.807) is 0 Å². The van der Waals surface area contributed by atoms with Gasteiger partial charge in [-0.15, -0.1) is 11.3 Å². The zero-order chi connectivity index (χ0) is 31.3. The molecule has 222 valence electrons. The molecule has 1 heterocycles. The monoisotopic (exact) mass is 617 g/mol. The minimum absolute atomic E-state index is 0.0945. The quantitative estimate of drug-likeness (QED) is 0.178. The summed E-state index contributed by atoms with van der Waals surface area (Å²) in [7, 11) is 0. The van der Waals surface area contributed by atoms with Crippen molar-refractivity contribution in [3.63, 3.8) is 0 Å². The smallest absolute Gasteiger partial charge is 0.0546 e. The minimum Gasteiger partial charge on any atom is -0.310 e. The lowest BCUT2D eigenvalue weighted by Gasteiger charge is -2.30. The third-order valence-corrected chi connectivity index (χ3v) is 11.6. The zero-order valence-electron chi connectivity index (χ0n) is 26.3. The average Bonchev–Trinajstić information content (AvgIpc) is 3.60. The molecule has 8 aromatic carbocycles. The topological polar surface area (TPSA) is 3.24 Å². The number of anilines is 3. The van der Waals surface area contributed by atoms with E-state index in [1.165, 1.54) is 91.8 Å². The van der Waals surface area contributed by atoms with Gasteiger partial charge in [0.05, 0.1) is 5.69 Å². The van der Waals surface area contributed by atoms with Crippen molar-refractivity contribution in [1.82, 2.24) is 0 Å². The number of hydrogen-bond acceptors (Lipinski definition) is 2. The fraction of sp³-hybridized carbons (Fsp3) is 0.0667. The first-order chi connectivity index (χ1) is 23.1. The van der Waals surface area contributed by atoms with Gasteiger partial charge in [-0.3, -0.25) is 0 Å². The standard InChI is InChI=1S/C45H31NS/c1-45(2)39-19-9-7-15-33(39)34-24-22-29(27-40(34)45)46(28-23-25-43-38(26-28)35-16-8-10-21-42(35)47-43)41-20-11-18-37-32-13-4-3-12-30(32)31-14-5-6-17-36(31)44(37)41/h3-27H,1-2H3. The van der Waals surface area contributed by atoms with E-state index in [0.717, 1.165) is 0 Å². The number of fused-ring (bicyclic) bond motifs is 12. The van der Waals surface area contributed by atoms with Gasteiger partial charge in [-0.25, -0.2) is 0 Å². The molecule has 0 spiro atoms. The van der Waals surface area contributed by atoms with Gasteiger partial charge in [0.2, 0.25) is 0 Å². The van der Waals surface area contributed by atoms with Crippen LogP contribution in [0.15, 0.2) is 152 Å². The molecule has 47 heavy (non-hydrogen) atoms. The van der Waals surface area contributed by atoms with E-state index >= 15 is 0 Å². The van der Waals surface area contributed by atoms with Gasteiger partial charge in [-0.2, -0.15) is 0 Å². The van der Waals surface area contributed by atoms with Crippen LogP contribution in [-0.4, -0.2) is 0 Å². The van der Waals surface area contributed by atoms with Crippen molar-refractivity contribution in [3.8, 4) is 11.1 Å². The molecule has 0 aliphatic heterocycles. The molecule has 10 rings (SSSR count). The van der Waals surface area contributed by atoms with Crippen molar-refractivity contribution in [1.29, 1.82) is 0 Å². The highest BCUT2D eigenvalue weighted by Gasteiger charge is 2.36. The Labute approximate surface area is 278 Å². The van der Waals surface area contributed by atoms with Crippen LogP contribution in [0.25, 0.3) is 63.6 Å². The van der Waals surface area contributed by atoms with Crippen molar-refractivity contribution in [2.24, 2.45) is 0 Å². The molecular weight excluding hydrogens is 587 g/mol. The molecule has 0 atom stereocenters. The maximum atomic E-state index is 2.51. The number of benzene rings is 8. The Kier molecular flexibility index (Phi) is 5.57. The van der Waals surface area contributed by atoms with E-state index in [0.29, 0.717) is 0 Å². The number of nitrogens with zero attached hydrogens (tertiary/aromatic N) is 1. The van der Waals surface area contributed by atoms with E-state index in [1.807, 2.05) is 11.3 Å². The summed E-state index contributed by atoms with van der Waals surface area (Å²) in [5, 5.41) is 10.3. The molecule has 1 aliphatic rings. The van der Waals surface area contributed by atoms with E-state index in [2.05, 4.69) is 170 Å². The maximum absolute atomic E-state index is 2.51. The van der Waals surface area contributed by atoms with Crippen molar-refractivity contribution >= 4 is 80.9 Å². The Morgan fingerprint density at radius 1 is 0.426 bits per heavy atom. The minimum atomic E-state index is -0.0945. The molecule has 1 aromatic heterocycles. The van der Waals surface area contributed by atoms with Crippen LogP contribution in [0.1, 0.15) is 25.0 Å². The SMILES string of the molecule is CC1(C)c2ccccc2-c2ccc(N(c3ccc4sc5ccccc5c4c3)c3cccc4c5ccccc5c5ccccc5c34)cc21. The molecule has 0 saturated carbocycles. The predicted molar refractivity (Wildman–Crippen MR) is 204 cm³/mol. The molecule has 2 heteroatoms. The second-order valence-corrected chi connectivity index (χ2v) is 14.4. The molecule has 0 amide bonds.